The molecule has 0 spiro atoms. The second kappa shape index (κ2) is 15.5. The van der Waals surface area contributed by atoms with E-state index in [4.69, 9.17) is 4.74 Å². The van der Waals surface area contributed by atoms with Gasteiger partial charge in [-0.2, -0.15) is 0 Å². The SMILES string of the molecule is C[C@@H]1CC(=O)Nc2cccc(-c3cc4cc(C[C@@H]5CC(=O)Nc6cccc(-c7cc8ccccc8n7S(=O)(=O)c7ccccc7)c6O5)ccc4n3CCc3ccccc3)c2N1. The van der Waals surface area contributed by atoms with E-state index < -0.39 is 16.1 Å². The van der Waals surface area contributed by atoms with E-state index in [1.807, 2.05) is 55.5 Å². The van der Waals surface area contributed by atoms with Gasteiger partial charge in [0.15, 0.2) is 5.75 Å². The van der Waals surface area contributed by atoms with E-state index in [9.17, 15) is 18.0 Å². The molecule has 0 saturated heterocycles. The number of fused-ring (bicyclic) bond motifs is 4. The molecule has 2 amide bonds. The van der Waals surface area contributed by atoms with E-state index in [2.05, 4.69) is 75.1 Å². The summed E-state index contributed by atoms with van der Waals surface area (Å²) in [7, 11) is -4.04. The molecular formula is C50H43N5O5S. The van der Waals surface area contributed by atoms with Gasteiger partial charge in [-0.1, -0.05) is 91.0 Å². The molecule has 2 aliphatic heterocycles. The predicted octanol–water partition coefficient (Wildman–Crippen LogP) is 9.88. The fraction of sp³-hybridized carbons (Fsp3) is 0.160. The normalized spacial score (nSPS) is 16.4. The minimum Gasteiger partial charge on any atom is -0.487 e. The van der Waals surface area contributed by atoms with Gasteiger partial charge in [-0.25, -0.2) is 12.4 Å². The Morgan fingerprint density at radius 2 is 1.33 bits per heavy atom. The molecule has 11 heteroatoms. The van der Waals surface area contributed by atoms with Crippen LogP contribution >= 0.6 is 0 Å². The van der Waals surface area contributed by atoms with Crippen LogP contribution in [0.25, 0.3) is 44.3 Å². The minimum absolute atomic E-state index is 0.0195. The fourth-order valence-corrected chi connectivity index (χ4v) is 10.4. The highest BCUT2D eigenvalue weighted by Gasteiger charge is 2.30. The van der Waals surface area contributed by atoms with Crippen LogP contribution in [0, 0.1) is 0 Å². The van der Waals surface area contributed by atoms with Crippen molar-refractivity contribution in [3.63, 3.8) is 0 Å². The lowest BCUT2D eigenvalue weighted by atomic mass is 10.0. The van der Waals surface area contributed by atoms with Crippen LogP contribution in [0.1, 0.15) is 30.9 Å². The first-order chi connectivity index (χ1) is 29.7. The zero-order chi connectivity index (χ0) is 41.7. The lowest BCUT2D eigenvalue weighted by Gasteiger charge is -2.20. The van der Waals surface area contributed by atoms with E-state index in [1.165, 1.54) is 9.54 Å². The maximum Gasteiger partial charge on any atom is 0.268 e. The van der Waals surface area contributed by atoms with Gasteiger partial charge in [0, 0.05) is 52.8 Å². The molecule has 2 aliphatic rings. The molecule has 2 atom stereocenters. The lowest BCUT2D eigenvalue weighted by molar-refractivity contribution is -0.117. The van der Waals surface area contributed by atoms with Gasteiger partial charge in [0.25, 0.3) is 10.0 Å². The second-order valence-corrected chi connectivity index (χ2v) is 17.7. The quantitative estimate of drug-likeness (QED) is 0.133. The van der Waals surface area contributed by atoms with Gasteiger partial charge in [0.05, 0.1) is 45.3 Å². The van der Waals surface area contributed by atoms with Crippen molar-refractivity contribution in [3.8, 4) is 28.3 Å². The highest BCUT2D eigenvalue weighted by Crippen LogP contribution is 2.43. The van der Waals surface area contributed by atoms with Crippen LogP contribution in [0.4, 0.5) is 17.1 Å². The number of nitrogens with zero attached hydrogens (tertiary/aromatic N) is 2. The van der Waals surface area contributed by atoms with Crippen molar-refractivity contribution in [2.75, 3.05) is 16.0 Å². The molecule has 0 saturated carbocycles. The molecule has 0 fully saturated rings. The van der Waals surface area contributed by atoms with Gasteiger partial charge in [-0.3, -0.25) is 9.59 Å². The number of hydrogen-bond donors (Lipinski definition) is 3. The number of ether oxygens (including phenoxy) is 1. The van der Waals surface area contributed by atoms with Crippen LogP contribution < -0.4 is 20.7 Å². The number of nitrogens with one attached hydrogen (secondary N) is 3. The molecule has 3 N–H and O–H groups in total. The third-order valence-corrected chi connectivity index (χ3v) is 13.3. The van der Waals surface area contributed by atoms with E-state index in [0.29, 0.717) is 41.1 Å². The Bertz CT molecular complexity index is 3100. The summed E-state index contributed by atoms with van der Waals surface area (Å²) in [5.74, 6) is 0.209. The summed E-state index contributed by atoms with van der Waals surface area (Å²) >= 11 is 0. The number of hydrogen-bond acceptors (Lipinski definition) is 6. The molecule has 4 heterocycles. The van der Waals surface area contributed by atoms with Gasteiger partial charge in [0.1, 0.15) is 6.10 Å². The standard InChI is InChI=1S/C50H43N5O5S/c1-32-26-47(56)52-41-19-10-17-39(49(41)51-32)45-30-36-27-34(22-23-43(36)54(45)25-24-33-12-4-2-5-13-33)28-37-31-48(57)53-42-20-11-18-40(50(42)60-37)46-29-35-14-8-9-21-44(35)55(46)61(58,59)38-15-6-3-7-16-38/h2-23,27,29-30,32,37,51H,24-26,28,31H2,1H3,(H,52,56)(H,53,57)/t32-,37-/m1/s1. The van der Waals surface area contributed by atoms with Crippen LogP contribution in [-0.4, -0.2) is 40.9 Å². The Kier molecular flexibility index (Phi) is 9.68. The van der Waals surface area contributed by atoms with Crippen molar-refractivity contribution in [1.29, 1.82) is 0 Å². The highest BCUT2D eigenvalue weighted by molar-refractivity contribution is 7.90. The maximum absolute atomic E-state index is 14.4. The number of aromatic nitrogens is 2. The summed E-state index contributed by atoms with van der Waals surface area (Å²) in [6.07, 6.45) is 1.18. The van der Waals surface area contributed by atoms with Crippen LogP contribution in [0.5, 0.6) is 5.75 Å². The molecule has 10 rings (SSSR count). The Labute approximate surface area is 353 Å². The topological polar surface area (TPSA) is 123 Å². The van der Waals surface area contributed by atoms with Crippen LogP contribution in [0.3, 0.4) is 0 Å². The first-order valence-corrected chi connectivity index (χ1v) is 22.0. The van der Waals surface area contributed by atoms with Crippen molar-refractivity contribution >= 4 is 60.7 Å². The minimum atomic E-state index is -4.04. The zero-order valence-electron chi connectivity index (χ0n) is 33.5. The number of amides is 2. The molecule has 10 nitrogen and oxygen atoms in total. The third kappa shape index (κ3) is 7.20. The van der Waals surface area contributed by atoms with E-state index in [-0.39, 0.29) is 29.2 Å². The molecule has 61 heavy (non-hydrogen) atoms. The number of carbonyl (C=O) groups excluding carboxylic acids is 2. The molecule has 304 valence electrons. The third-order valence-electron chi connectivity index (χ3n) is 11.6. The average Bonchev–Trinajstić information content (AvgIpc) is 3.72. The van der Waals surface area contributed by atoms with Crippen molar-refractivity contribution in [1.82, 2.24) is 8.54 Å². The Balaban J connectivity index is 1.03. The molecule has 8 aromatic rings. The number of carbonyl (C=O) groups is 2. The largest absolute Gasteiger partial charge is 0.487 e. The zero-order valence-corrected chi connectivity index (χ0v) is 34.3. The molecule has 0 radical (unpaired) electrons. The van der Waals surface area contributed by atoms with Crippen molar-refractivity contribution in [3.05, 3.63) is 163 Å². The first-order valence-electron chi connectivity index (χ1n) is 20.6. The lowest BCUT2D eigenvalue weighted by Crippen LogP contribution is -2.23. The molecule has 0 bridgehead atoms. The molecular weight excluding hydrogens is 783 g/mol. The number of anilines is 3. The summed E-state index contributed by atoms with van der Waals surface area (Å²) < 4.78 is 39.3. The van der Waals surface area contributed by atoms with E-state index in [1.54, 1.807) is 48.5 Å². The van der Waals surface area contributed by atoms with E-state index in [0.717, 1.165) is 57.5 Å². The number of rotatable bonds is 9. The van der Waals surface area contributed by atoms with Gasteiger partial charge >= 0.3 is 0 Å². The first kappa shape index (κ1) is 38.1. The number of aryl methyl sites for hydroxylation is 2. The summed E-state index contributed by atoms with van der Waals surface area (Å²) in [5, 5.41) is 11.5. The predicted molar refractivity (Wildman–Crippen MR) is 242 cm³/mol. The number of para-hydroxylation sites is 3. The van der Waals surface area contributed by atoms with E-state index >= 15 is 0 Å². The number of benzene rings is 6. The molecule has 2 aromatic heterocycles. The van der Waals surface area contributed by atoms with Gasteiger partial charge in [-0.05, 0) is 85.1 Å². The molecule has 0 aliphatic carbocycles. The second-order valence-electron chi connectivity index (χ2n) is 15.9. The Morgan fingerprint density at radius 1 is 0.639 bits per heavy atom. The Hall–Kier alpha value is -7.11. The average molecular weight is 826 g/mol. The summed E-state index contributed by atoms with van der Waals surface area (Å²) in [6.45, 7) is 2.75. The van der Waals surface area contributed by atoms with Crippen molar-refractivity contribution < 1.29 is 22.7 Å². The van der Waals surface area contributed by atoms with Crippen molar-refractivity contribution in [2.24, 2.45) is 0 Å². The van der Waals surface area contributed by atoms with Crippen LogP contribution in [-0.2, 0) is 39.0 Å². The summed E-state index contributed by atoms with van der Waals surface area (Å²) in [5.41, 5.74) is 8.98. The van der Waals surface area contributed by atoms with Crippen LogP contribution in [0.15, 0.2) is 157 Å². The highest BCUT2D eigenvalue weighted by atomic mass is 32.2. The molecule has 6 aromatic carbocycles. The molecule has 0 unspecified atom stereocenters. The Morgan fingerprint density at radius 3 is 2.15 bits per heavy atom. The fourth-order valence-electron chi connectivity index (χ4n) is 8.83. The summed E-state index contributed by atoms with van der Waals surface area (Å²) in [4.78, 5) is 26.4. The maximum atomic E-state index is 14.4. The smallest absolute Gasteiger partial charge is 0.268 e. The monoisotopic (exact) mass is 825 g/mol. The van der Waals surface area contributed by atoms with Crippen molar-refractivity contribution in [2.45, 2.75) is 56.2 Å². The van der Waals surface area contributed by atoms with Gasteiger partial charge in [-0.15, -0.1) is 0 Å². The summed E-state index contributed by atoms with van der Waals surface area (Å²) in [6, 6.07) is 48.1. The van der Waals surface area contributed by atoms with Crippen LogP contribution in [0.2, 0.25) is 0 Å². The van der Waals surface area contributed by atoms with Gasteiger partial charge < -0.3 is 25.3 Å². The van der Waals surface area contributed by atoms with Gasteiger partial charge in [0.2, 0.25) is 11.8 Å².